The number of benzene rings is 1. The van der Waals surface area contributed by atoms with Crippen LogP contribution in [0.25, 0.3) is 0 Å². The summed E-state index contributed by atoms with van der Waals surface area (Å²) in [6, 6.07) is 3.41. The predicted molar refractivity (Wildman–Crippen MR) is 123 cm³/mol. The van der Waals surface area contributed by atoms with Crippen molar-refractivity contribution in [2.45, 2.75) is 96.8 Å². The van der Waals surface area contributed by atoms with Crippen LogP contribution in [0.1, 0.15) is 96.8 Å². The second-order valence-electron chi connectivity index (χ2n) is 7.73. The first-order chi connectivity index (χ1) is 14.1. The monoisotopic (exact) mass is 425 g/mol. The topological polar surface area (TPSA) is 47.6 Å². The molecule has 0 radical (unpaired) electrons. The standard InChI is InChI=1S/C24H40ClNO3/c1-4-5-6-7-8-9-10-11-12-13-14-15-16-17-23(27)26-21-18-20(28-2)19-22(29-3)24(21)25/h18-19H,4-17H2,1-3H3,(H,26,27). The van der Waals surface area contributed by atoms with E-state index in [1.54, 1.807) is 26.4 Å². The first-order valence-electron chi connectivity index (χ1n) is 11.3. The Morgan fingerprint density at radius 1 is 0.828 bits per heavy atom. The maximum Gasteiger partial charge on any atom is 0.224 e. The molecule has 1 amide bonds. The minimum atomic E-state index is -0.0229. The van der Waals surface area contributed by atoms with E-state index in [0.717, 1.165) is 12.8 Å². The summed E-state index contributed by atoms with van der Waals surface area (Å²) in [7, 11) is 3.11. The number of unbranched alkanes of at least 4 members (excludes halogenated alkanes) is 12. The lowest BCUT2D eigenvalue weighted by atomic mass is 10.0. The van der Waals surface area contributed by atoms with Crippen LogP contribution in [0.3, 0.4) is 0 Å². The number of halogens is 1. The molecule has 1 aromatic carbocycles. The summed E-state index contributed by atoms with van der Waals surface area (Å²) in [5.74, 6) is 1.06. The van der Waals surface area contributed by atoms with Crippen LogP contribution >= 0.6 is 11.6 Å². The van der Waals surface area contributed by atoms with Crippen LogP contribution in [0.15, 0.2) is 12.1 Å². The Labute approximate surface area is 182 Å². The molecule has 1 aromatic rings. The zero-order valence-electron chi connectivity index (χ0n) is 18.7. The van der Waals surface area contributed by atoms with Gasteiger partial charge in [0.05, 0.1) is 19.9 Å². The van der Waals surface area contributed by atoms with Crippen LogP contribution in [0, 0.1) is 0 Å². The van der Waals surface area contributed by atoms with Gasteiger partial charge in [-0.3, -0.25) is 4.79 Å². The number of anilines is 1. The van der Waals surface area contributed by atoms with Gasteiger partial charge in [-0.25, -0.2) is 0 Å². The lowest BCUT2D eigenvalue weighted by Gasteiger charge is -2.12. The van der Waals surface area contributed by atoms with Crippen molar-refractivity contribution in [3.05, 3.63) is 17.2 Å². The van der Waals surface area contributed by atoms with Crippen molar-refractivity contribution >= 4 is 23.2 Å². The second kappa shape index (κ2) is 16.4. The van der Waals surface area contributed by atoms with Crippen molar-refractivity contribution in [1.29, 1.82) is 0 Å². The summed E-state index contributed by atoms with van der Waals surface area (Å²) < 4.78 is 10.5. The first kappa shape index (κ1) is 25.6. The molecule has 0 aliphatic rings. The first-order valence-corrected chi connectivity index (χ1v) is 11.7. The number of carbonyl (C=O) groups excluding carboxylic acids is 1. The van der Waals surface area contributed by atoms with Gasteiger partial charge >= 0.3 is 0 Å². The molecule has 0 atom stereocenters. The van der Waals surface area contributed by atoms with E-state index in [1.807, 2.05) is 0 Å². The molecule has 0 aliphatic heterocycles. The van der Waals surface area contributed by atoms with Crippen molar-refractivity contribution in [3.8, 4) is 11.5 Å². The molecule has 0 heterocycles. The van der Waals surface area contributed by atoms with Crippen molar-refractivity contribution < 1.29 is 14.3 Å². The van der Waals surface area contributed by atoms with Gasteiger partial charge in [0.15, 0.2) is 0 Å². The number of rotatable bonds is 17. The SMILES string of the molecule is CCCCCCCCCCCCCCCC(=O)Nc1cc(OC)cc(OC)c1Cl. The zero-order chi connectivity index (χ0) is 21.3. The van der Waals surface area contributed by atoms with E-state index in [4.69, 9.17) is 21.1 Å². The third kappa shape index (κ3) is 11.4. The van der Waals surface area contributed by atoms with Gasteiger partial charge in [-0.1, -0.05) is 95.6 Å². The van der Waals surface area contributed by atoms with E-state index in [0.29, 0.717) is 28.6 Å². The van der Waals surface area contributed by atoms with Gasteiger partial charge in [0.25, 0.3) is 0 Å². The molecule has 0 unspecified atom stereocenters. The zero-order valence-corrected chi connectivity index (χ0v) is 19.4. The molecule has 1 rings (SSSR count). The Morgan fingerprint density at radius 3 is 1.83 bits per heavy atom. The van der Waals surface area contributed by atoms with Gasteiger partial charge in [-0.05, 0) is 6.42 Å². The maximum atomic E-state index is 12.2. The van der Waals surface area contributed by atoms with Crippen LogP contribution in [0.4, 0.5) is 5.69 Å². The molecule has 4 nitrogen and oxygen atoms in total. The van der Waals surface area contributed by atoms with E-state index < -0.39 is 0 Å². The van der Waals surface area contributed by atoms with Crippen LogP contribution in [-0.4, -0.2) is 20.1 Å². The molecule has 0 fully saturated rings. The van der Waals surface area contributed by atoms with Gasteiger partial charge in [-0.15, -0.1) is 0 Å². The number of nitrogens with one attached hydrogen (secondary N) is 1. The number of ether oxygens (including phenoxy) is 2. The summed E-state index contributed by atoms with van der Waals surface area (Å²) in [5.41, 5.74) is 0.530. The highest BCUT2D eigenvalue weighted by Crippen LogP contribution is 2.36. The lowest BCUT2D eigenvalue weighted by Crippen LogP contribution is -2.11. The molecule has 0 saturated carbocycles. The minimum Gasteiger partial charge on any atom is -0.497 e. The number of hydrogen-bond acceptors (Lipinski definition) is 3. The average Bonchev–Trinajstić information content (AvgIpc) is 2.72. The Hall–Kier alpha value is -1.42. The fourth-order valence-corrected chi connectivity index (χ4v) is 3.68. The molecular formula is C24H40ClNO3. The Bertz CT molecular complexity index is 577. The largest absolute Gasteiger partial charge is 0.497 e. The van der Waals surface area contributed by atoms with Crippen LogP contribution < -0.4 is 14.8 Å². The molecule has 0 spiro atoms. The third-order valence-electron chi connectivity index (χ3n) is 5.25. The van der Waals surface area contributed by atoms with Crippen LogP contribution in [0.2, 0.25) is 5.02 Å². The van der Waals surface area contributed by atoms with E-state index in [9.17, 15) is 4.79 Å². The quantitative estimate of drug-likeness (QED) is 0.259. The summed E-state index contributed by atoms with van der Waals surface area (Å²) in [6.07, 6.45) is 17.3. The Kier molecular flexibility index (Phi) is 14.5. The highest BCUT2D eigenvalue weighted by Gasteiger charge is 2.12. The smallest absolute Gasteiger partial charge is 0.224 e. The maximum absolute atomic E-state index is 12.2. The predicted octanol–water partition coefficient (Wildman–Crippen LogP) is 7.78. The average molecular weight is 426 g/mol. The van der Waals surface area contributed by atoms with Crippen LogP contribution in [-0.2, 0) is 4.79 Å². The van der Waals surface area contributed by atoms with Crippen molar-refractivity contribution in [2.75, 3.05) is 19.5 Å². The summed E-state index contributed by atoms with van der Waals surface area (Å²) >= 11 is 6.27. The minimum absolute atomic E-state index is 0.0229. The fourth-order valence-electron chi connectivity index (χ4n) is 3.45. The molecular weight excluding hydrogens is 386 g/mol. The van der Waals surface area contributed by atoms with Gasteiger partial charge in [0.1, 0.15) is 16.5 Å². The number of carbonyl (C=O) groups is 1. The number of amides is 1. The van der Waals surface area contributed by atoms with Gasteiger partial charge in [0, 0.05) is 18.6 Å². The molecule has 29 heavy (non-hydrogen) atoms. The van der Waals surface area contributed by atoms with Crippen LogP contribution in [0.5, 0.6) is 11.5 Å². The van der Waals surface area contributed by atoms with Gasteiger partial charge in [0.2, 0.25) is 5.91 Å². The van der Waals surface area contributed by atoms with E-state index >= 15 is 0 Å². The molecule has 0 aliphatic carbocycles. The molecule has 1 N–H and O–H groups in total. The van der Waals surface area contributed by atoms with Crippen molar-refractivity contribution in [2.24, 2.45) is 0 Å². The number of methoxy groups -OCH3 is 2. The number of hydrogen-bond donors (Lipinski definition) is 1. The molecule has 0 saturated heterocycles. The fraction of sp³-hybridized carbons (Fsp3) is 0.708. The molecule has 0 bridgehead atoms. The van der Waals surface area contributed by atoms with E-state index in [2.05, 4.69) is 12.2 Å². The van der Waals surface area contributed by atoms with E-state index in [-0.39, 0.29) is 5.91 Å². The van der Waals surface area contributed by atoms with Crippen molar-refractivity contribution in [1.82, 2.24) is 0 Å². The second-order valence-corrected chi connectivity index (χ2v) is 8.11. The molecule has 0 aromatic heterocycles. The highest BCUT2D eigenvalue weighted by atomic mass is 35.5. The lowest BCUT2D eigenvalue weighted by molar-refractivity contribution is -0.116. The van der Waals surface area contributed by atoms with Crippen molar-refractivity contribution in [3.63, 3.8) is 0 Å². The van der Waals surface area contributed by atoms with Gasteiger partial charge < -0.3 is 14.8 Å². The molecule has 5 heteroatoms. The van der Waals surface area contributed by atoms with E-state index in [1.165, 1.54) is 70.6 Å². The molecule has 166 valence electrons. The third-order valence-corrected chi connectivity index (χ3v) is 5.64. The summed E-state index contributed by atoms with van der Waals surface area (Å²) in [6.45, 7) is 2.26. The summed E-state index contributed by atoms with van der Waals surface area (Å²) in [4.78, 5) is 12.2. The summed E-state index contributed by atoms with van der Waals surface area (Å²) in [5, 5.41) is 3.27. The Morgan fingerprint density at radius 2 is 1.34 bits per heavy atom. The Balaban J connectivity index is 2.09. The highest BCUT2D eigenvalue weighted by molar-refractivity contribution is 6.35. The van der Waals surface area contributed by atoms with Gasteiger partial charge in [-0.2, -0.15) is 0 Å². The normalized spacial score (nSPS) is 10.8.